The lowest BCUT2D eigenvalue weighted by atomic mass is 10.2. The van der Waals surface area contributed by atoms with Crippen molar-refractivity contribution in [1.82, 2.24) is 19.4 Å². The number of hydrogen-bond acceptors (Lipinski definition) is 2. The molecule has 0 aliphatic heterocycles. The summed E-state index contributed by atoms with van der Waals surface area (Å²) in [5, 5.41) is 4.09. The van der Waals surface area contributed by atoms with Crippen molar-refractivity contribution in [2.24, 2.45) is 0 Å². The van der Waals surface area contributed by atoms with E-state index in [9.17, 15) is 4.79 Å². The summed E-state index contributed by atoms with van der Waals surface area (Å²) in [5.41, 5.74) is 1.06. The summed E-state index contributed by atoms with van der Waals surface area (Å²) in [7, 11) is 0. The van der Waals surface area contributed by atoms with E-state index in [1.807, 2.05) is 45.8 Å². The van der Waals surface area contributed by atoms with Gasteiger partial charge in [-0.25, -0.2) is 4.98 Å². The molecule has 6 heteroatoms. The maximum absolute atomic E-state index is 12.0. The maximum Gasteiger partial charge on any atom is 0.239 e. The average Bonchev–Trinajstić information content (AvgIpc) is 3.14. The molecule has 22 heavy (non-hydrogen) atoms. The molecule has 3 aromatic rings. The number of rotatable bonds is 6. The summed E-state index contributed by atoms with van der Waals surface area (Å²) in [5.74, 6) is 0.0307. The molecular weight excluding hydrogens is 344 g/mol. The minimum atomic E-state index is 0.0307. The van der Waals surface area contributed by atoms with Crippen LogP contribution >= 0.6 is 15.9 Å². The van der Waals surface area contributed by atoms with E-state index in [2.05, 4.69) is 26.2 Å². The molecule has 2 aromatic heterocycles. The molecule has 114 valence electrons. The van der Waals surface area contributed by atoms with Crippen molar-refractivity contribution in [3.63, 3.8) is 0 Å². The molecule has 0 fully saturated rings. The van der Waals surface area contributed by atoms with Crippen LogP contribution < -0.4 is 5.32 Å². The van der Waals surface area contributed by atoms with E-state index in [1.165, 1.54) is 0 Å². The molecule has 0 unspecified atom stereocenters. The summed E-state index contributed by atoms with van der Waals surface area (Å²) in [6.45, 7) is 1.87. The molecule has 0 atom stereocenters. The van der Waals surface area contributed by atoms with Gasteiger partial charge in [0.25, 0.3) is 0 Å². The molecule has 1 N–H and O–H groups in total. The highest BCUT2D eigenvalue weighted by molar-refractivity contribution is 9.10. The first-order valence-electron chi connectivity index (χ1n) is 7.19. The number of aryl methyl sites for hydroxylation is 1. The normalized spacial score (nSPS) is 11.0. The summed E-state index contributed by atoms with van der Waals surface area (Å²) in [4.78, 5) is 16.0. The lowest BCUT2D eigenvalue weighted by Gasteiger charge is -2.08. The lowest BCUT2D eigenvalue weighted by Crippen LogP contribution is -2.28. The van der Waals surface area contributed by atoms with Crippen molar-refractivity contribution in [2.45, 2.75) is 19.5 Å². The molecular formula is C16H17BrN4O. The fraction of sp³-hybridized carbons (Fsp3) is 0.250. The topological polar surface area (TPSA) is 51.9 Å². The van der Waals surface area contributed by atoms with Crippen LogP contribution in [0.5, 0.6) is 0 Å². The first kappa shape index (κ1) is 14.8. The van der Waals surface area contributed by atoms with E-state index >= 15 is 0 Å². The quantitative estimate of drug-likeness (QED) is 0.687. The number of benzene rings is 1. The Balaban J connectivity index is 1.51. The average molecular weight is 361 g/mol. The first-order chi connectivity index (χ1) is 10.7. The van der Waals surface area contributed by atoms with Gasteiger partial charge in [-0.3, -0.25) is 4.79 Å². The van der Waals surface area contributed by atoms with Gasteiger partial charge in [-0.15, -0.1) is 0 Å². The zero-order valence-corrected chi connectivity index (χ0v) is 13.7. The third-order valence-electron chi connectivity index (χ3n) is 3.52. The molecule has 0 saturated carbocycles. The molecule has 3 rings (SSSR count). The van der Waals surface area contributed by atoms with Gasteiger partial charge in [-0.2, -0.15) is 0 Å². The molecule has 1 amide bonds. The highest BCUT2D eigenvalue weighted by Crippen LogP contribution is 2.20. The zero-order valence-electron chi connectivity index (χ0n) is 12.1. The number of nitrogens with zero attached hydrogens (tertiary/aromatic N) is 3. The number of carbonyl (C=O) groups excluding carboxylic acids is 1. The molecule has 0 aliphatic carbocycles. The van der Waals surface area contributed by atoms with Gasteiger partial charge in [-0.05, 0) is 30.0 Å². The standard InChI is InChI=1S/C16H17BrN4O/c17-14-3-2-13-4-8-21(15(13)10-14)11-16(22)19-5-1-7-20-9-6-18-12-20/h2-4,6,8-10,12H,1,5,7,11H2,(H,19,22). The van der Waals surface area contributed by atoms with Crippen LogP contribution in [-0.2, 0) is 17.9 Å². The number of hydrogen-bond donors (Lipinski definition) is 1. The van der Waals surface area contributed by atoms with Gasteiger partial charge in [0, 0.05) is 41.7 Å². The van der Waals surface area contributed by atoms with Crippen LogP contribution in [0.25, 0.3) is 10.9 Å². The van der Waals surface area contributed by atoms with Crippen molar-refractivity contribution in [2.75, 3.05) is 6.54 Å². The largest absolute Gasteiger partial charge is 0.354 e. The predicted octanol–water partition coefficient (Wildman–Crippen LogP) is 2.81. The van der Waals surface area contributed by atoms with E-state index in [1.54, 1.807) is 12.5 Å². The summed E-state index contributed by atoms with van der Waals surface area (Å²) in [6.07, 6.45) is 8.30. The minimum absolute atomic E-state index is 0.0307. The second-order valence-corrected chi connectivity index (χ2v) is 6.07. The van der Waals surface area contributed by atoms with Gasteiger partial charge < -0.3 is 14.5 Å². The summed E-state index contributed by atoms with van der Waals surface area (Å²) < 4.78 is 4.98. The number of nitrogens with one attached hydrogen (secondary N) is 1. The van der Waals surface area contributed by atoms with Crippen LogP contribution in [0.4, 0.5) is 0 Å². The van der Waals surface area contributed by atoms with Crippen molar-refractivity contribution in [3.05, 3.63) is 53.7 Å². The van der Waals surface area contributed by atoms with Gasteiger partial charge >= 0.3 is 0 Å². The van der Waals surface area contributed by atoms with Crippen LogP contribution in [0.1, 0.15) is 6.42 Å². The van der Waals surface area contributed by atoms with E-state index in [0.29, 0.717) is 13.1 Å². The number of imidazole rings is 1. The Bertz CT molecular complexity index is 764. The van der Waals surface area contributed by atoms with Gasteiger partial charge in [0.2, 0.25) is 5.91 Å². The summed E-state index contributed by atoms with van der Waals surface area (Å²) >= 11 is 3.47. The third kappa shape index (κ3) is 3.57. The number of carbonyl (C=O) groups is 1. The van der Waals surface area contributed by atoms with E-state index in [0.717, 1.165) is 28.3 Å². The monoisotopic (exact) mass is 360 g/mol. The second kappa shape index (κ2) is 6.79. The molecule has 0 aliphatic rings. The van der Waals surface area contributed by atoms with Crippen LogP contribution in [0.3, 0.4) is 0 Å². The predicted molar refractivity (Wildman–Crippen MR) is 89.5 cm³/mol. The molecule has 0 saturated heterocycles. The van der Waals surface area contributed by atoms with Gasteiger partial charge in [0.05, 0.1) is 6.33 Å². The van der Waals surface area contributed by atoms with E-state index in [-0.39, 0.29) is 5.91 Å². The van der Waals surface area contributed by atoms with Crippen molar-refractivity contribution >= 4 is 32.7 Å². The number of amides is 1. The second-order valence-electron chi connectivity index (χ2n) is 5.15. The number of aromatic nitrogens is 3. The SMILES string of the molecule is O=C(Cn1ccc2ccc(Br)cc21)NCCCn1ccnc1. The number of fused-ring (bicyclic) bond motifs is 1. The fourth-order valence-electron chi connectivity index (χ4n) is 2.41. The molecule has 1 aromatic carbocycles. The molecule has 2 heterocycles. The van der Waals surface area contributed by atoms with Crippen molar-refractivity contribution in [1.29, 1.82) is 0 Å². The van der Waals surface area contributed by atoms with Crippen LogP contribution in [0, 0.1) is 0 Å². The Kier molecular flexibility index (Phi) is 4.58. The van der Waals surface area contributed by atoms with Gasteiger partial charge in [0.1, 0.15) is 6.54 Å². The smallest absolute Gasteiger partial charge is 0.239 e. The zero-order chi connectivity index (χ0) is 15.4. The Hall–Kier alpha value is -2.08. The lowest BCUT2D eigenvalue weighted by molar-refractivity contribution is -0.121. The Morgan fingerprint density at radius 2 is 2.18 bits per heavy atom. The molecule has 0 spiro atoms. The Morgan fingerprint density at radius 1 is 1.27 bits per heavy atom. The minimum Gasteiger partial charge on any atom is -0.354 e. The van der Waals surface area contributed by atoms with Crippen LogP contribution in [0.2, 0.25) is 0 Å². The number of halogens is 1. The highest BCUT2D eigenvalue weighted by atomic mass is 79.9. The summed E-state index contributed by atoms with van der Waals surface area (Å²) in [6, 6.07) is 8.09. The third-order valence-corrected chi connectivity index (χ3v) is 4.02. The van der Waals surface area contributed by atoms with Gasteiger partial charge in [0.15, 0.2) is 0 Å². The van der Waals surface area contributed by atoms with Crippen molar-refractivity contribution < 1.29 is 4.79 Å². The Labute approximate surface area is 137 Å². The van der Waals surface area contributed by atoms with Gasteiger partial charge in [-0.1, -0.05) is 22.0 Å². The highest BCUT2D eigenvalue weighted by Gasteiger charge is 2.06. The molecule has 0 bridgehead atoms. The van der Waals surface area contributed by atoms with Crippen LogP contribution in [0.15, 0.2) is 53.7 Å². The Morgan fingerprint density at radius 3 is 3.00 bits per heavy atom. The fourth-order valence-corrected chi connectivity index (χ4v) is 2.76. The molecule has 0 radical (unpaired) electrons. The maximum atomic E-state index is 12.0. The molecule has 5 nitrogen and oxygen atoms in total. The first-order valence-corrected chi connectivity index (χ1v) is 7.98. The van der Waals surface area contributed by atoms with Crippen LogP contribution in [-0.4, -0.2) is 26.6 Å². The van der Waals surface area contributed by atoms with E-state index in [4.69, 9.17) is 0 Å². The van der Waals surface area contributed by atoms with E-state index < -0.39 is 0 Å². The van der Waals surface area contributed by atoms with Crippen molar-refractivity contribution in [3.8, 4) is 0 Å².